The maximum absolute atomic E-state index is 12.6. The van der Waals surface area contributed by atoms with E-state index in [-0.39, 0.29) is 15.6 Å². The monoisotopic (exact) mass is 451 g/mol. The molecule has 0 unspecified atom stereocenters. The van der Waals surface area contributed by atoms with Crippen molar-refractivity contribution in [2.45, 2.75) is 37.4 Å². The Hall–Kier alpha value is -1.74. The van der Waals surface area contributed by atoms with Crippen molar-refractivity contribution in [3.8, 4) is 5.75 Å². The van der Waals surface area contributed by atoms with Crippen molar-refractivity contribution in [2.24, 2.45) is 0 Å². The lowest BCUT2D eigenvalue weighted by molar-refractivity contribution is -0.275. The summed E-state index contributed by atoms with van der Waals surface area (Å²) < 4.78 is 69.1. The van der Waals surface area contributed by atoms with Crippen molar-refractivity contribution in [3.63, 3.8) is 0 Å². The minimum Gasteiger partial charge on any atom is -0.404 e. The van der Waals surface area contributed by atoms with Gasteiger partial charge in [0.05, 0.1) is 0 Å². The summed E-state index contributed by atoms with van der Waals surface area (Å²) in [5.74, 6) is -0.814. The van der Waals surface area contributed by atoms with E-state index in [2.05, 4.69) is 25.4 Å². The van der Waals surface area contributed by atoms with Gasteiger partial charge in [0.2, 0.25) is 0 Å². The van der Waals surface area contributed by atoms with E-state index in [4.69, 9.17) is 0 Å². The van der Waals surface area contributed by atoms with E-state index >= 15 is 0 Å². The molecule has 0 aliphatic rings. The molecule has 0 spiro atoms. The van der Waals surface area contributed by atoms with Gasteiger partial charge in [-0.05, 0) is 41.3 Å². The zero-order valence-corrected chi connectivity index (χ0v) is 16.6. The van der Waals surface area contributed by atoms with Crippen LogP contribution < -0.4 is 9.46 Å². The molecule has 142 valence electrons. The summed E-state index contributed by atoms with van der Waals surface area (Å²) in [4.78, 5) is -0.613. The van der Waals surface area contributed by atoms with Gasteiger partial charge in [-0.2, -0.15) is 0 Å². The second-order valence-electron chi connectivity index (χ2n) is 6.57. The number of anilines is 1. The van der Waals surface area contributed by atoms with Crippen LogP contribution in [0, 0.1) is 0 Å². The predicted molar refractivity (Wildman–Crippen MR) is 96.8 cm³/mol. The first-order valence-electron chi connectivity index (χ1n) is 7.47. The second-order valence-corrected chi connectivity index (χ2v) is 9.14. The van der Waals surface area contributed by atoms with E-state index in [1.54, 1.807) is 24.3 Å². The Morgan fingerprint density at radius 2 is 1.58 bits per heavy atom. The number of sulfonamides is 1. The van der Waals surface area contributed by atoms with Gasteiger partial charge < -0.3 is 4.74 Å². The summed E-state index contributed by atoms with van der Waals surface area (Å²) in [6.07, 6.45) is -5.01. The van der Waals surface area contributed by atoms with Crippen LogP contribution in [0.25, 0.3) is 0 Å². The van der Waals surface area contributed by atoms with Crippen molar-refractivity contribution in [2.75, 3.05) is 4.72 Å². The van der Waals surface area contributed by atoms with Gasteiger partial charge in [-0.15, -0.1) is 13.2 Å². The topological polar surface area (TPSA) is 55.4 Å². The maximum atomic E-state index is 12.6. The molecule has 1 N–H and O–H groups in total. The Morgan fingerprint density at radius 3 is 2.08 bits per heavy atom. The van der Waals surface area contributed by atoms with Crippen molar-refractivity contribution >= 4 is 31.6 Å². The molecule has 0 amide bonds. The highest BCUT2D eigenvalue weighted by atomic mass is 79.9. The van der Waals surface area contributed by atoms with Gasteiger partial charge in [-0.25, -0.2) is 8.42 Å². The average Bonchev–Trinajstić information content (AvgIpc) is 2.44. The smallest absolute Gasteiger partial charge is 0.404 e. The lowest BCUT2D eigenvalue weighted by atomic mass is 9.87. The molecule has 0 heterocycles. The molecule has 0 bridgehead atoms. The Kier molecular flexibility index (Phi) is 5.63. The molecule has 0 saturated carbocycles. The molecule has 9 heteroatoms. The highest BCUT2D eigenvalue weighted by Crippen LogP contribution is 2.33. The molecule has 0 fully saturated rings. The van der Waals surface area contributed by atoms with E-state index in [9.17, 15) is 21.6 Å². The first-order chi connectivity index (χ1) is 11.8. The number of benzene rings is 2. The highest BCUT2D eigenvalue weighted by Gasteiger charge is 2.34. The lowest BCUT2D eigenvalue weighted by Crippen LogP contribution is -2.21. The second kappa shape index (κ2) is 7.11. The summed E-state index contributed by atoms with van der Waals surface area (Å²) in [5, 5.41) is 0. The first-order valence-corrected chi connectivity index (χ1v) is 9.74. The number of nitrogens with one attached hydrogen (secondary N) is 1. The zero-order chi connectivity index (χ0) is 19.8. The molecule has 2 aromatic carbocycles. The summed E-state index contributed by atoms with van der Waals surface area (Å²) in [6.45, 7) is 6.03. The number of alkyl halides is 3. The molecule has 0 aliphatic heterocycles. The summed E-state index contributed by atoms with van der Waals surface area (Å²) >= 11 is 3.00. The number of ether oxygens (including phenoxy) is 1. The van der Waals surface area contributed by atoms with Crippen LogP contribution in [-0.2, 0) is 15.4 Å². The quantitative estimate of drug-likeness (QED) is 0.672. The third-order valence-corrected chi connectivity index (χ3v) is 5.34. The molecular weight excluding hydrogens is 435 g/mol. The van der Waals surface area contributed by atoms with E-state index in [1.165, 1.54) is 6.07 Å². The molecule has 0 radical (unpaired) electrons. The fourth-order valence-corrected chi connectivity index (χ4v) is 3.67. The van der Waals surface area contributed by atoms with Crippen LogP contribution in [-0.4, -0.2) is 14.8 Å². The summed E-state index contributed by atoms with van der Waals surface area (Å²) in [6, 6.07) is 9.93. The Bertz CT molecular complexity index is 889. The van der Waals surface area contributed by atoms with Crippen molar-refractivity contribution in [3.05, 3.63) is 52.5 Å². The summed E-state index contributed by atoms with van der Waals surface area (Å²) in [7, 11) is -4.28. The van der Waals surface area contributed by atoms with E-state index in [0.29, 0.717) is 0 Å². The Morgan fingerprint density at radius 1 is 1.00 bits per heavy atom. The minimum absolute atomic E-state index is 0.114. The number of hydrogen-bond donors (Lipinski definition) is 1. The Balaban J connectivity index is 2.36. The van der Waals surface area contributed by atoms with Crippen molar-refractivity contribution in [1.82, 2.24) is 0 Å². The number of halogens is 4. The molecule has 0 aromatic heterocycles. The van der Waals surface area contributed by atoms with Gasteiger partial charge in [-0.1, -0.05) is 48.8 Å². The third kappa shape index (κ3) is 5.38. The summed E-state index contributed by atoms with van der Waals surface area (Å²) in [5.41, 5.74) is 1.11. The van der Waals surface area contributed by atoms with Gasteiger partial charge in [0, 0.05) is 10.2 Å². The zero-order valence-electron chi connectivity index (χ0n) is 14.2. The Labute approximate surface area is 158 Å². The molecule has 2 aromatic rings. The number of hydrogen-bond acceptors (Lipinski definition) is 3. The molecule has 0 saturated heterocycles. The maximum Gasteiger partial charge on any atom is 0.573 e. The normalized spacial score (nSPS) is 12.7. The van der Waals surface area contributed by atoms with Crippen LogP contribution in [0.2, 0.25) is 0 Å². The van der Waals surface area contributed by atoms with Crippen LogP contribution in [0.1, 0.15) is 26.3 Å². The molecule has 0 atom stereocenters. The molecule has 4 nitrogen and oxygen atoms in total. The molecule has 0 aliphatic carbocycles. The largest absolute Gasteiger partial charge is 0.573 e. The molecule has 2 rings (SSSR count). The first kappa shape index (κ1) is 20.6. The van der Waals surface area contributed by atoms with Gasteiger partial charge in [0.25, 0.3) is 10.0 Å². The predicted octanol–water partition coefficient (Wildman–Crippen LogP) is 5.45. The fourth-order valence-electron chi connectivity index (χ4n) is 2.16. The highest BCUT2D eigenvalue weighted by molar-refractivity contribution is 9.10. The number of rotatable bonds is 4. The molecule has 26 heavy (non-hydrogen) atoms. The van der Waals surface area contributed by atoms with Crippen molar-refractivity contribution < 1.29 is 26.3 Å². The van der Waals surface area contributed by atoms with E-state index in [0.717, 1.165) is 17.7 Å². The van der Waals surface area contributed by atoms with Crippen LogP contribution in [0.3, 0.4) is 0 Å². The average molecular weight is 452 g/mol. The van der Waals surface area contributed by atoms with Crippen LogP contribution in [0.5, 0.6) is 5.75 Å². The standard InChI is InChI=1S/C17H17BrF3NO3S/c1-16(2,3)11-4-7-13(8-5-11)22-26(23,24)15-9-6-12(18)10-14(15)25-17(19,20)21/h4-10,22H,1-3H3. The van der Waals surface area contributed by atoms with Gasteiger partial charge in [0.15, 0.2) is 5.75 Å². The van der Waals surface area contributed by atoms with Gasteiger partial charge in [-0.3, -0.25) is 4.72 Å². The molecular formula is C17H17BrF3NO3S. The SMILES string of the molecule is CC(C)(C)c1ccc(NS(=O)(=O)c2ccc(Br)cc2OC(F)(F)F)cc1. The van der Waals surface area contributed by atoms with E-state index in [1.807, 2.05) is 20.8 Å². The third-order valence-electron chi connectivity index (χ3n) is 3.42. The van der Waals surface area contributed by atoms with Gasteiger partial charge >= 0.3 is 6.36 Å². The van der Waals surface area contributed by atoms with E-state index < -0.39 is 27.0 Å². The van der Waals surface area contributed by atoms with Crippen LogP contribution >= 0.6 is 15.9 Å². The minimum atomic E-state index is -5.01. The lowest BCUT2D eigenvalue weighted by Gasteiger charge is -2.19. The van der Waals surface area contributed by atoms with Gasteiger partial charge in [0.1, 0.15) is 4.90 Å². The fraction of sp³-hybridized carbons (Fsp3) is 0.294. The van der Waals surface area contributed by atoms with Crippen molar-refractivity contribution in [1.29, 1.82) is 0 Å². The van der Waals surface area contributed by atoms with Crippen LogP contribution in [0.15, 0.2) is 51.8 Å². The van der Waals surface area contributed by atoms with Crippen LogP contribution in [0.4, 0.5) is 18.9 Å².